The van der Waals surface area contributed by atoms with Gasteiger partial charge >= 0.3 is 0 Å². The van der Waals surface area contributed by atoms with Crippen molar-refractivity contribution in [2.24, 2.45) is 0 Å². The molecule has 1 aromatic rings. The molecular formula is C12H12ClNO. The van der Waals surface area contributed by atoms with Crippen LogP contribution in [0.2, 0.25) is 0 Å². The lowest BCUT2D eigenvalue weighted by molar-refractivity contribution is 0.412. The van der Waals surface area contributed by atoms with E-state index in [-0.39, 0.29) is 0 Å². The molecule has 1 atom stereocenters. The predicted octanol–water partition coefficient (Wildman–Crippen LogP) is 2.99. The summed E-state index contributed by atoms with van der Waals surface area (Å²) in [4.78, 5) is -0.859. The van der Waals surface area contributed by atoms with Gasteiger partial charge in [0.1, 0.15) is 5.75 Å². The van der Waals surface area contributed by atoms with Crippen LogP contribution < -0.4 is 4.74 Å². The maximum atomic E-state index is 9.14. The Morgan fingerprint density at radius 2 is 2.33 bits per heavy atom. The molecule has 1 aliphatic rings. The number of hydrogen-bond donors (Lipinski definition) is 0. The van der Waals surface area contributed by atoms with Crippen LogP contribution in [0.15, 0.2) is 18.2 Å². The quantitative estimate of drug-likeness (QED) is 0.683. The predicted molar refractivity (Wildman–Crippen MR) is 59.1 cm³/mol. The molecule has 0 radical (unpaired) electrons. The van der Waals surface area contributed by atoms with E-state index in [4.69, 9.17) is 21.6 Å². The molecular weight excluding hydrogens is 210 g/mol. The van der Waals surface area contributed by atoms with Crippen LogP contribution >= 0.6 is 11.6 Å². The van der Waals surface area contributed by atoms with Gasteiger partial charge in [0.15, 0.2) is 4.87 Å². The van der Waals surface area contributed by atoms with Gasteiger partial charge in [-0.15, -0.1) is 0 Å². The molecule has 0 aromatic heterocycles. The monoisotopic (exact) mass is 221 g/mol. The number of halogens is 1. The number of benzene rings is 1. The van der Waals surface area contributed by atoms with Crippen LogP contribution in [0, 0.1) is 11.3 Å². The third-order valence-corrected chi connectivity index (χ3v) is 3.37. The zero-order valence-electron chi connectivity index (χ0n) is 8.59. The van der Waals surface area contributed by atoms with Crippen molar-refractivity contribution < 1.29 is 4.74 Å². The van der Waals surface area contributed by atoms with Gasteiger partial charge < -0.3 is 4.74 Å². The van der Waals surface area contributed by atoms with Crippen molar-refractivity contribution in [1.82, 2.24) is 0 Å². The summed E-state index contributed by atoms with van der Waals surface area (Å²) in [5.74, 6) is 0.760. The zero-order valence-corrected chi connectivity index (χ0v) is 9.34. The summed E-state index contributed by atoms with van der Waals surface area (Å²) in [6, 6.07) is 7.99. The van der Waals surface area contributed by atoms with Crippen LogP contribution in [0.5, 0.6) is 5.75 Å². The maximum Gasteiger partial charge on any atom is 0.156 e. The van der Waals surface area contributed by atoms with E-state index in [2.05, 4.69) is 6.07 Å². The molecule has 1 unspecified atom stereocenters. The first-order valence-corrected chi connectivity index (χ1v) is 5.35. The number of aryl methyl sites for hydroxylation is 1. The van der Waals surface area contributed by atoms with Crippen molar-refractivity contribution in [2.75, 3.05) is 7.11 Å². The Morgan fingerprint density at radius 3 is 3.00 bits per heavy atom. The van der Waals surface area contributed by atoms with Crippen LogP contribution in [-0.2, 0) is 11.3 Å². The Labute approximate surface area is 94.4 Å². The van der Waals surface area contributed by atoms with E-state index >= 15 is 0 Å². The SMILES string of the molecule is COc1ccc2c(c1)C(Cl)(C#N)CCC2. The van der Waals surface area contributed by atoms with E-state index in [1.54, 1.807) is 7.11 Å². The molecule has 15 heavy (non-hydrogen) atoms. The van der Waals surface area contributed by atoms with Gasteiger partial charge in [0, 0.05) is 0 Å². The van der Waals surface area contributed by atoms with Gasteiger partial charge in [0.25, 0.3) is 0 Å². The molecule has 3 heteroatoms. The molecule has 1 aromatic carbocycles. The van der Waals surface area contributed by atoms with Gasteiger partial charge in [-0.1, -0.05) is 17.7 Å². The van der Waals surface area contributed by atoms with Gasteiger partial charge in [0.2, 0.25) is 0 Å². The summed E-state index contributed by atoms with van der Waals surface area (Å²) in [6.07, 6.45) is 2.68. The molecule has 0 N–H and O–H groups in total. The number of alkyl halides is 1. The molecule has 0 spiro atoms. The molecule has 0 fully saturated rings. The Kier molecular flexibility index (Phi) is 2.58. The van der Waals surface area contributed by atoms with E-state index in [9.17, 15) is 0 Å². The van der Waals surface area contributed by atoms with Crippen molar-refractivity contribution in [3.05, 3.63) is 29.3 Å². The lowest BCUT2D eigenvalue weighted by Crippen LogP contribution is -2.22. The standard InChI is InChI=1S/C12H12ClNO/c1-15-10-5-4-9-3-2-6-12(13,8-14)11(9)7-10/h4-5,7H,2-3,6H2,1H3. The summed E-state index contributed by atoms with van der Waals surface area (Å²) in [7, 11) is 1.62. The molecule has 0 amide bonds. The first kappa shape index (κ1) is 10.3. The smallest absolute Gasteiger partial charge is 0.156 e. The molecule has 0 saturated heterocycles. The minimum atomic E-state index is -0.859. The number of ether oxygens (including phenoxy) is 1. The number of nitrogens with zero attached hydrogens (tertiary/aromatic N) is 1. The average Bonchev–Trinajstić information content (AvgIpc) is 2.29. The van der Waals surface area contributed by atoms with Gasteiger partial charge in [0.05, 0.1) is 13.2 Å². The molecule has 0 heterocycles. The Balaban J connectivity index is 2.54. The number of hydrogen-bond acceptors (Lipinski definition) is 2. The minimum Gasteiger partial charge on any atom is -0.497 e. The van der Waals surface area contributed by atoms with E-state index < -0.39 is 4.87 Å². The van der Waals surface area contributed by atoms with Crippen molar-refractivity contribution >= 4 is 11.6 Å². The summed E-state index contributed by atoms with van der Waals surface area (Å²) < 4.78 is 5.15. The van der Waals surface area contributed by atoms with Crippen LogP contribution in [-0.4, -0.2) is 7.11 Å². The highest BCUT2D eigenvalue weighted by Gasteiger charge is 2.34. The second-order valence-corrected chi connectivity index (χ2v) is 4.43. The highest BCUT2D eigenvalue weighted by molar-refractivity contribution is 6.26. The lowest BCUT2D eigenvalue weighted by atomic mass is 9.83. The van der Waals surface area contributed by atoms with Gasteiger partial charge in [-0.2, -0.15) is 5.26 Å². The number of fused-ring (bicyclic) bond motifs is 1. The second kappa shape index (κ2) is 3.75. The zero-order chi connectivity index (χ0) is 10.9. The number of methoxy groups -OCH3 is 1. The topological polar surface area (TPSA) is 33.0 Å². The highest BCUT2D eigenvalue weighted by atomic mass is 35.5. The van der Waals surface area contributed by atoms with Crippen molar-refractivity contribution in [1.29, 1.82) is 5.26 Å². The summed E-state index contributed by atoms with van der Waals surface area (Å²) in [5, 5.41) is 9.14. The fraction of sp³-hybridized carbons (Fsp3) is 0.417. The summed E-state index contributed by atoms with van der Waals surface area (Å²) in [5.41, 5.74) is 2.08. The molecule has 0 aliphatic heterocycles. The Hall–Kier alpha value is -1.20. The van der Waals surface area contributed by atoms with E-state index in [0.717, 1.165) is 24.2 Å². The first-order valence-electron chi connectivity index (χ1n) is 4.97. The second-order valence-electron chi connectivity index (χ2n) is 3.79. The van der Waals surface area contributed by atoms with E-state index in [0.29, 0.717) is 6.42 Å². The third-order valence-electron chi connectivity index (χ3n) is 2.89. The number of nitriles is 1. The van der Waals surface area contributed by atoms with E-state index in [1.807, 2.05) is 18.2 Å². The van der Waals surface area contributed by atoms with Crippen molar-refractivity contribution in [2.45, 2.75) is 24.1 Å². The molecule has 78 valence electrons. The Bertz CT molecular complexity index is 424. The average molecular weight is 222 g/mol. The van der Waals surface area contributed by atoms with Gasteiger partial charge in [-0.05, 0) is 42.5 Å². The summed E-state index contributed by atoms with van der Waals surface area (Å²) >= 11 is 6.30. The molecule has 0 bridgehead atoms. The van der Waals surface area contributed by atoms with Gasteiger partial charge in [-0.25, -0.2) is 0 Å². The molecule has 2 nitrogen and oxygen atoms in total. The van der Waals surface area contributed by atoms with Crippen molar-refractivity contribution in [3.8, 4) is 11.8 Å². The minimum absolute atomic E-state index is 0.714. The third kappa shape index (κ3) is 1.68. The van der Waals surface area contributed by atoms with E-state index in [1.165, 1.54) is 5.56 Å². The fourth-order valence-corrected chi connectivity index (χ4v) is 2.35. The normalized spacial score (nSPS) is 24.1. The molecule has 2 rings (SSSR count). The Morgan fingerprint density at radius 1 is 1.53 bits per heavy atom. The van der Waals surface area contributed by atoms with Crippen LogP contribution in [0.3, 0.4) is 0 Å². The largest absolute Gasteiger partial charge is 0.497 e. The van der Waals surface area contributed by atoms with Crippen molar-refractivity contribution in [3.63, 3.8) is 0 Å². The van der Waals surface area contributed by atoms with Crippen LogP contribution in [0.1, 0.15) is 24.0 Å². The number of rotatable bonds is 1. The molecule has 1 aliphatic carbocycles. The maximum absolute atomic E-state index is 9.14. The molecule has 0 saturated carbocycles. The van der Waals surface area contributed by atoms with Crippen LogP contribution in [0.25, 0.3) is 0 Å². The fourth-order valence-electron chi connectivity index (χ4n) is 2.04. The van der Waals surface area contributed by atoms with Crippen LogP contribution in [0.4, 0.5) is 0 Å². The lowest BCUT2D eigenvalue weighted by Gasteiger charge is -2.27. The van der Waals surface area contributed by atoms with Gasteiger partial charge in [-0.3, -0.25) is 0 Å². The summed E-state index contributed by atoms with van der Waals surface area (Å²) in [6.45, 7) is 0. The first-order chi connectivity index (χ1) is 7.19. The highest BCUT2D eigenvalue weighted by Crippen LogP contribution is 2.41.